The molecule has 112 valence electrons. The molecule has 1 atom stereocenters. The summed E-state index contributed by atoms with van der Waals surface area (Å²) >= 11 is 0. The number of hydrogen-bond acceptors (Lipinski definition) is 4. The standard InChI is InChI=1S/C16H25NO3/c1-3-10-20-15-6-4-14(5-7-15)16(2,18)13-17-8-11-19-12-9-17/h4-7,18H,3,8-13H2,1-2H3/t16-/m0/s1. The summed E-state index contributed by atoms with van der Waals surface area (Å²) in [6.07, 6.45) is 0.997. The van der Waals surface area contributed by atoms with Crippen molar-refractivity contribution in [3.8, 4) is 5.75 Å². The molecule has 0 bridgehead atoms. The third-order valence-electron chi connectivity index (χ3n) is 3.58. The summed E-state index contributed by atoms with van der Waals surface area (Å²) in [5, 5.41) is 10.7. The van der Waals surface area contributed by atoms with E-state index >= 15 is 0 Å². The van der Waals surface area contributed by atoms with Crippen LogP contribution in [0.2, 0.25) is 0 Å². The predicted molar refractivity (Wildman–Crippen MR) is 79.1 cm³/mol. The molecule has 0 unspecified atom stereocenters. The van der Waals surface area contributed by atoms with Gasteiger partial charge in [0.15, 0.2) is 0 Å². The number of hydrogen-bond donors (Lipinski definition) is 1. The molecule has 0 aromatic heterocycles. The third-order valence-corrected chi connectivity index (χ3v) is 3.58. The molecule has 2 rings (SSSR count). The summed E-state index contributed by atoms with van der Waals surface area (Å²) in [7, 11) is 0. The van der Waals surface area contributed by atoms with Crippen LogP contribution in [0.1, 0.15) is 25.8 Å². The van der Waals surface area contributed by atoms with Crippen LogP contribution in [0.5, 0.6) is 5.75 Å². The van der Waals surface area contributed by atoms with Crippen LogP contribution >= 0.6 is 0 Å². The molecule has 1 N–H and O–H groups in total. The molecule has 1 fully saturated rings. The monoisotopic (exact) mass is 279 g/mol. The lowest BCUT2D eigenvalue weighted by Crippen LogP contribution is -2.44. The van der Waals surface area contributed by atoms with Gasteiger partial charge in [-0.15, -0.1) is 0 Å². The highest BCUT2D eigenvalue weighted by atomic mass is 16.5. The zero-order valence-electron chi connectivity index (χ0n) is 12.5. The fourth-order valence-corrected chi connectivity index (χ4v) is 2.42. The minimum atomic E-state index is -0.847. The number of aliphatic hydroxyl groups is 1. The number of morpholine rings is 1. The van der Waals surface area contributed by atoms with Gasteiger partial charge in [0.2, 0.25) is 0 Å². The van der Waals surface area contributed by atoms with Gasteiger partial charge in [-0.05, 0) is 31.0 Å². The summed E-state index contributed by atoms with van der Waals surface area (Å²) < 4.78 is 10.9. The van der Waals surface area contributed by atoms with E-state index in [-0.39, 0.29) is 0 Å². The summed E-state index contributed by atoms with van der Waals surface area (Å²) in [4.78, 5) is 2.24. The van der Waals surface area contributed by atoms with Crippen molar-refractivity contribution in [2.24, 2.45) is 0 Å². The van der Waals surface area contributed by atoms with Gasteiger partial charge in [0, 0.05) is 19.6 Å². The zero-order valence-corrected chi connectivity index (χ0v) is 12.5. The van der Waals surface area contributed by atoms with Gasteiger partial charge in [-0.3, -0.25) is 4.90 Å². The van der Waals surface area contributed by atoms with Gasteiger partial charge in [-0.1, -0.05) is 19.1 Å². The smallest absolute Gasteiger partial charge is 0.119 e. The van der Waals surface area contributed by atoms with Gasteiger partial charge < -0.3 is 14.6 Å². The molecular formula is C16H25NO3. The van der Waals surface area contributed by atoms with E-state index in [1.165, 1.54) is 0 Å². The maximum Gasteiger partial charge on any atom is 0.119 e. The van der Waals surface area contributed by atoms with Crippen LogP contribution in [0.15, 0.2) is 24.3 Å². The molecule has 4 nitrogen and oxygen atoms in total. The Morgan fingerprint density at radius 3 is 2.50 bits per heavy atom. The van der Waals surface area contributed by atoms with Crippen LogP contribution in [0.25, 0.3) is 0 Å². The van der Waals surface area contributed by atoms with Crippen LogP contribution in [0, 0.1) is 0 Å². The van der Waals surface area contributed by atoms with Crippen LogP contribution in [0.4, 0.5) is 0 Å². The Kier molecular flexibility index (Phi) is 5.40. The number of β-amino-alcohol motifs (C(OH)–C–C–N with tert-alkyl or cyclic N) is 1. The molecule has 1 aromatic rings. The first-order valence-electron chi connectivity index (χ1n) is 7.37. The molecule has 4 heteroatoms. The molecule has 1 saturated heterocycles. The summed E-state index contributed by atoms with van der Waals surface area (Å²) in [5.74, 6) is 0.859. The van der Waals surface area contributed by atoms with Crippen molar-refractivity contribution in [2.45, 2.75) is 25.9 Å². The topological polar surface area (TPSA) is 41.9 Å². The SMILES string of the molecule is CCCOc1ccc([C@@](C)(O)CN2CCOCC2)cc1. The maximum absolute atomic E-state index is 10.7. The van der Waals surface area contributed by atoms with Crippen molar-refractivity contribution in [3.05, 3.63) is 29.8 Å². The number of nitrogens with zero attached hydrogens (tertiary/aromatic N) is 1. The van der Waals surface area contributed by atoms with Gasteiger partial charge >= 0.3 is 0 Å². The van der Waals surface area contributed by atoms with E-state index in [1.54, 1.807) is 0 Å². The second-order valence-electron chi connectivity index (χ2n) is 5.54. The molecule has 0 saturated carbocycles. The van der Waals surface area contributed by atoms with Crippen molar-refractivity contribution in [1.82, 2.24) is 4.90 Å². The maximum atomic E-state index is 10.7. The normalized spacial score (nSPS) is 19.6. The van der Waals surface area contributed by atoms with E-state index in [0.717, 1.165) is 50.6 Å². The average molecular weight is 279 g/mol. The van der Waals surface area contributed by atoms with E-state index in [1.807, 2.05) is 31.2 Å². The lowest BCUT2D eigenvalue weighted by atomic mass is 9.95. The first kappa shape index (κ1) is 15.3. The molecule has 1 aliphatic rings. The van der Waals surface area contributed by atoms with Crippen molar-refractivity contribution >= 4 is 0 Å². The largest absolute Gasteiger partial charge is 0.494 e. The van der Waals surface area contributed by atoms with Crippen LogP contribution in [-0.2, 0) is 10.3 Å². The van der Waals surface area contributed by atoms with E-state index in [0.29, 0.717) is 6.54 Å². The van der Waals surface area contributed by atoms with Crippen LogP contribution in [-0.4, -0.2) is 49.5 Å². The summed E-state index contributed by atoms with van der Waals surface area (Å²) in [5.41, 5.74) is 0.0773. The number of ether oxygens (including phenoxy) is 2. The zero-order chi connectivity index (χ0) is 14.4. The van der Waals surface area contributed by atoms with Crippen LogP contribution in [0.3, 0.4) is 0 Å². The Bertz CT molecular complexity index is 397. The highest BCUT2D eigenvalue weighted by molar-refractivity contribution is 5.30. The van der Waals surface area contributed by atoms with Gasteiger partial charge in [0.05, 0.1) is 25.4 Å². The Labute approximate surface area is 121 Å². The molecule has 0 radical (unpaired) electrons. The van der Waals surface area contributed by atoms with E-state index in [4.69, 9.17) is 9.47 Å². The second kappa shape index (κ2) is 7.07. The van der Waals surface area contributed by atoms with Gasteiger partial charge in [0.1, 0.15) is 5.75 Å². The number of rotatable bonds is 6. The van der Waals surface area contributed by atoms with Gasteiger partial charge in [0.25, 0.3) is 0 Å². The fourth-order valence-electron chi connectivity index (χ4n) is 2.42. The first-order chi connectivity index (χ1) is 9.62. The molecule has 0 spiro atoms. The van der Waals surface area contributed by atoms with E-state index < -0.39 is 5.60 Å². The minimum Gasteiger partial charge on any atom is -0.494 e. The average Bonchev–Trinajstić information content (AvgIpc) is 2.46. The highest BCUT2D eigenvalue weighted by Gasteiger charge is 2.27. The molecular weight excluding hydrogens is 254 g/mol. The number of benzene rings is 1. The second-order valence-corrected chi connectivity index (χ2v) is 5.54. The summed E-state index contributed by atoms with van der Waals surface area (Å²) in [6, 6.07) is 7.76. The molecule has 0 aliphatic carbocycles. The van der Waals surface area contributed by atoms with Crippen molar-refractivity contribution < 1.29 is 14.6 Å². The third kappa shape index (κ3) is 4.20. The first-order valence-corrected chi connectivity index (χ1v) is 7.37. The molecule has 20 heavy (non-hydrogen) atoms. The quantitative estimate of drug-likeness (QED) is 0.865. The fraction of sp³-hybridized carbons (Fsp3) is 0.625. The lowest BCUT2D eigenvalue weighted by Gasteiger charge is -2.34. The van der Waals surface area contributed by atoms with Crippen molar-refractivity contribution in [1.29, 1.82) is 0 Å². The van der Waals surface area contributed by atoms with E-state index in [2.05, 4.69) is 11.8 Å². The molecule has 1 heterocycles. The Balaban J connectivity index is 1.96. The van der Waals surface area contributed by atoms with Crippen LogP contribution < -0.4 is 4.74 Å². The summed E-state index contributed by atoms with van der Waals surface area (Å²) in [6.45, 7) is 8.57. The highest BCUT2D eigenvalue weighted by Crippen LogP contribution is 2.24. The van der Waals surface area contributed by atoms with Crippen molar-refractivity contribution in [3.63, 3.8) is 0 Å². The van der Waals surface area contributed by atoms with Crippen molar-refractivity contribution in [2.75, 3.05) is 39.5 Å². The molecule has 1 aliphatic heterocycles. The molecule has 0 amide bonds. The predicted octanol–water partition coefficient (Wildman–Crippen LogP) is 2.02. The van der Waals surface area contributed by atoms with Gasteiger partial charge in [-0.25, -0.2) is 0 Å². The molecule has 1 aromatic carbocycles. The minimum absolute atomic E-state index is 0.630. The van der Waals surface area contributed by atoms with E-state index in [9.17, 15) is 5.11 Å². The Hall–Kier alpha value is -1.10. The Morgan fingerprint density at radius 1 is 1.25 bits per heavy atom. The lowest BCUT2D eigenvalue weighted by molar-refractivity contribution is -0.0254. The van der Waals surface area contributed by atoms with Gasteiger partial charge in [-0.2, -0.15) is 0 Å². The Morgan fingerprint density at radius 2 is 1.90 bits per heavy atom.